The van der Waals surface area contributed by atoms with Crippen LogP contribution in [0.4, 0.5) is 0 Å². The van der Waals surface area contributed by atoms with Gasteiger partial charge in [-0.05, 0) is 24.1 Å². The Balaban J connectivity index is 1.87. The van der Waals surface area contributed by atoms with Crippen molar-refractivity contribution in [2.75, 3.05) is 0 Å². The van der Waals surface area contributed by atoms with Crippen LogP contribution < -0.4 is 5.32 Å². The van der Waals surface area contributed by atoms with Gasteiger partial charge in [-0.15, -0.1) is 5.10 Å². The minimum absolute atomic E-state index is 0.724. The van der Waals surface area contributed by atoms with Crippen LogP contribution >= 0.6 is 0 Å². The largest absolute Gasteiger partial charge is 0.307 e. The summed E-state index contributed by atoms with van der Waals surface area (Å²) in [5.74, 6) is 0. The molecule has 2 aromatic heterocycles. The predicted octanol–water partition coefficient (Wildman–Crippen LogP) is 0.808. The number of nitrogens with zero attached hydrogens (tertiary/aromatic N) is 4. The summed E-state index contributed by atoms with van der Waals surface area (Å²) in [4.78, 5) is 4.10. The fraction of sp³-hybridized carbons (Fsp3) is 0.364. The number of rotatable bonds is 4. The van der Waals surface area contributed by atoms with E-state index in [4.69, 9.17) is 0 Å². The minimum Gasteiger partial charge on any atom is -0.307 e. The van der Waals surface area contributed by atoms with Crippen LogP contribution in [-0.4, -0.2) is 20.0 Å². The van der Waals surface area contributed by atoms with Crippen LogP contribution in [0.3, 0.4) is 0 Å². The highest BCUT2D eigenvalue weighted by molar-refractivity contribution is 5.21. The first-order valence-electron chi connectivity index (χ1n) is 5.21. The molecule has 0 amide bonds. The lowest BCUT2D eigenvalue weighted by molar-refractivity contribution is 0.670. The van der Waals surface area contributed by atoms with Gasteiger partial charge in [0.1, 0.15) is 0 Å². The summed E-state index contributed by atoms with van der Waals surface area (Å²) in [6.07, 6.45) is 5.60. The molecule has 0 atom stereocenters. The standard InChI is InChI=1S/C11H15N5/c1-9-3-4-12-5-10(9)6-13-7-11-8-16(2)15-14-11/h3-5,8,13H,6-7H2,1-2H3. The smallest absolute Gasteiger partial charge is 0.0964 e. The van der Waals surface area contributed by atoms with Crippen molar-refractivity contribution < 1.29 is 0 Å². The van der Waals surface area contributed by atoms with Crippen LogP contribution in [0.2, 0.25) is 0 Å². The van der Waals surface area contributed by atoms with Gasteiger partial charge in [0, 0.05) is 38.7 Å². The zero-order valence-electron chi connectivity index (χ0n) is 9.51. The average Bonchev–Trinajstić information content (AvgIpc) is 2.67. The fourth-order valence-corrected chi connectivity index (χ4v) is 1.48. The SMILES string of the molecule is Cc1ccncc1CNCc1cn(C)nn1. The van der Waals surface area contributed by atoms with Crippen molar-refractivity contribution >= 4 is 0 Å². The lowest BCUT2D eigenvalue weighted by Crippen LogP contribution is -2.14. The van der Waals surface area contributed by atoms with Crippen LogP contribution in [0.25, 0.3) is 0 Å². The third kappa shape index (κ3) is 2.64. The molecule has 0 fully saturated rings. The highest BCUT2D eigenvalue weighted by Crippen LogP contribution is 2.04. The summed E-state index contributed by atoms with van der Waals surface area (Å²) in [6, 6.07) is 2.01. The van der Waals surface area contributed by atoms with Crippen molar-refractivity contribution in [3.05, 3.63) is 41.5 Å². The molecule has 0 saturated carbocycles. The second kappa shape index (κ2) is 4.85. The summed E-state index contributed by atoms with van der Waals surface area (Å²) < 4.78 is 1.70. The summed E-state index contributed by atoms with van der Waals surface area (Å²) in [5.41, 5.74) is 3.41. The Bertz CT molecular complexity index is 463. The molecule has 0 spiro atoms. The maximum absolute atomic E-state index is 4.10. The second-order valence-electron chi connectivity index (χ2n) is 3.79. The van der Waals surface area contributed by atoms with Crippen molar-refractivity contribution in [1.29, 1.82) is 0 Å². The van der Waals surface area contributed by atoms with Crippen LogP contribution in [0.15, 0.2) is 24.7 Å². The predicted molar refractivity (Wildman–Crippen MR) is 60.5 cm³/mol. The third-order valence-electron chi connectivity index (χ3n) is 2.42. The Morgan fingerprint density at radius 1 is 1.38 bits per heavy atom. The van der Waals surface area contributed by atoms with Gasteiger partial charge in [-0.2, -0.15) is 0 Å². The molecule has 0 aliphatic heterocycles. The van der Waals surface area contributed by atoms with Crippen molar-refractivity contribution in [3.63, 3.8) is 0 Å². The molecule has 1 N–H and O–H groups in total. The highest BCUT2D eigenvalue weighted by atomic mass is 15.4. The van der Waals surface area contributed by atoms with Crippen molar-refractivity contribution in [1.82, 2.24) is 25.3 Å². The summed E-state index contributed by atoms with van der Waals surface area (Å²) in [5, 5.41) is 11.2. The first-order chi connectivity index (χ1) is 7.75. The first kappa shape index (κ1) is 10.8. The molecule has 0 aliphatic rings. The average molecular weight is 217 g/mol. The molecule has 0 unspecified atom stereocenters. The van der Waals surface area contributed by atoms with Crippen LogP contribution in [0.1, 0.15) is 16.8 Å². The number of nitrogens with one attached hydrogen (secondary N) is 1. The molecule has 0 aliphatic carbocycles. The molecule has 2 heterocycles. The molecule has 0 aromatic carbocycles. The van der Waals surface area contributed by atoms with Crippen molar-refractivity contribution in [2.45, 2.75) is 20.0 Å². The van der Waals surface area contributed by atoms with Gasteiger partial charge in [0.2, 0.25) is 0 Å². The van der Waals surface area contributed by atoms with Crippen LogP contribution in [-0.2, 0) is 20.1 Å². The Hall–Kier alpha value is -1.75. The molecular formula is C11H15N5. The Morgan fingerprint density at radius 2 is 2.25 bits per heavy atom. The maximum Gasteiger partial charge on any atom is 0.0964 e. The summed E-state index contributed by atoms with van der Waals surface area (Å²) >= 11 is 0. The van der Waals surface area contributed by atoms with E-state index in [2.05, 4.69) is 27.5 Å². The normalized spacial score (nSPS) is 10.6. The molecule has 0 radical (unpaired) electrons. The van der Waals surface area contributed by atoms with Gasteiger partial charge < -0.3 is 5.32 Å². The topological polar surface area (TPSA) is 55.6 Å². The van der Waals surface area contributed by atoms with Crippen LogP contribution in [0.5, 0.6) is 0 Å². The highest BCUT2D eigenvalue weighted by Gasteiger charge is 1.99. The van der Waals surface area contributed by atoms with E-state index in [9.17, 15) is 0 Å². The molecule has 16 heavy (non-hydrogen) atoms. The van der Waals surface area contributed by atoms with E-state index in [1.54, 1.807) is 4.68 Å². The van der Waals surface area contributed by atoms with E-state index >= 15 is 0 Å². The van der Waals surface area contributed by atoms with Gasteiger partial charge >= 0.3 is 0 Å². The Labute approximate surface area is 94.5 Å². The first-order valence-corrected chi connectivity index (χ1v) is 5.21. The quantitative estimate of drug-likeness (QED) is 0.823. The molecule has 84 valence electrons. The van der Waals surface area contributed by atoms with E-state index in [1.807, 2.05) is 31.7 Å². The van der Waals surface area contributed by atoms with Gasteiger partial charge in [-0.1, -0.05) is 5.21 Å². The van der Waals surface area contributed by atoms with Crippen molar-refractivity contribution in [2.24, 2.45) is 7.05 Å². The molecule has 0 bridgehead atoms. The van der Waals surface area contributed by atoms with Crippen LogP contribution in [0, 0.1) is 6.92 Å². The maximum atomic E-state index is 4.10. The zero-order valence-corrected chi connectivity index (χ0v) is 9.51. The van der Waals surface area contributed by atoms with Gasteiger partial charge in [-0.25, -0.2) is 0 Å². The number of aryl methyl sites for hydroxylation is 2. The number of aromatic nitrogens is 4. The number of hydrogen-bond acceptors (Lipinski definition) is 4. The van der Waals surface area contributed by atoms with Gasteiger partial charge in [0.25, 0.3) is 0 Å². The van der Waals surface area contributed by atoms with Gasteiger partial charge in [-0.3, -0.25) is 9.67 Å². The fourth-order valence-electron chi connectivity index (χ4n) is 1.48. The van der Waals surface area contributed by atoms with E-state index in [0.29, 0.717) is 0 Å². The molecule has 0 saturated heterocycles. The van der Waals surface area contributed by atoms with Gasteiger partial charge in [0.05, 0.1) is 5.69 Å². The lowest BCUT2D eigenvalue weighted by Gasteiger charge is -2.05. The van der Waals surface area contributed by atoms with E-state index in [0.717, 1.165) is 18.8 Å². The molecule has 2 aromatic rings. The van der Waals surface area contributed by atoms with E-state index < -0.39 is 0 Å². The molecular weight excluding hydrogens is 202 g/mol. The zero-order chi connectivity index (χ0) is 11.4. The molecule has 5 nitrogen and oxygen atoms in total. The Morgan fingerprint density at radius 3 is 2.94 bits per heavy atom. The van der Waals surface area contributed by atoms with Crippen molar-refractivity contribution in [3.8, 4) is 0 Å². The van der Waals surface area contributed by atoms with E-state index in [-0.39, 0.29) is 0 Å². The molecule has 2 rings (SSSR count). The molecule has 5 heteroatoms. The third-order valence-corrected chi connectivity index (χ3v) is 2.42. The number of pyridine rings is 1. The Kier molecular flexibility index (Phi) is 3.26. The second-order valence-corrected chi connectivity index (χ2v) is 3.79. The van der Waals surface area contributed by atoms with Gasteiger partial charge in [0.15, 0.2) is 0 Å². The van der Waals surface area contributed by atoms with E-state index in [1.165, 1.54) is 11.1 Å². The summed E-state index contributed by atoms with van der Waals surface area (Å²) in [6.45, 7) is 3.61. The minimum atomic E-state index is 0.724. The monoisotopic (exact) mass is 217 g/mol. The summed E-state index contributed by atoms with van der Waals surface area (Å²) in [7, 11) is 1.86. The number of hydrogen-bond donors (Lipinski definition) is 1. The lowest BCUT2D eigenvalue weighted by atomic mass is 10.1.